The molecule has 1 fully saturated rings. The maximum Gasteiger partial charge on any atom is 0.213 e. The van der Waals surface area contributed by atoms with Crippen LogP contribution >= 0.6 is 0 Å². The monoisotopic (exact) mass is 230 g/mol. The van der Waals surface area contributed by atoms with E-state index in [2.05, 4.69) is 9.97 Å². The zero-order valence-electron chi connectivity index (χ0n) is 9.72. The third-order valence-electron chi connectivity index (χ3n) is 3.03. The highest BCUT2D eigenvalue weighted by atomic mass is 16.5. The molecule has 2 aromatic rings. The molecule has 0 radical (unpaired) electrons. The van der Waals surface area contributed by atoms with Crippen molar-refractivity contribution in [3.05, 3.63) is 30.4 Å². The van der Waals surface area contributed by atoms with Gasteiger partial charge in [0.25, 0.3) is 0 Å². The van der Waals surface area contributed by atoms with Crippen LogP contribution < -0.4 is 4.74 Å². The van der Waals surface area contributed by atoms with E-state index in [1.165, 1.54) is 19.2 Å². The van der Waals surface area contributed by atoms with E-state index in [1.54, 1.807) is 13.3 Å². The molecule has 0 unspecified atom stereocenters. The fourth-order valence-corrected chi connectivity index (χ4v) is 1.91. The lowest BCUT2D eigenvalue weighted by Gasteiger charge is -2.02. The summed E-state index contributed by atoms with van der Waals surface area (Å²) < 4.78 is 10.6. The van der Waals surface area contributed by atoms with Gasteiger partial charge in [-0.15, -0.1) is 0 Å². The van der Waals surface area contributed by atoms with E-state index in [-0.39, 0.29) is 0 Å². The number of rotatable bonds is 4. The number of hydrogen-bond donors (Lipinski definition) is 0. The van der Waals surface area contributed by atoms with Crippen molar-refractivity contribution in [3.8, 4) is 17.2 Å². The molecule has 0 atom stereocenters. The Morgan fingerprint density at radius 3 is 3.06 bits per heavy atom. The number of aromatic nitrogens is 2. The van der Waals surface area contributed by atoms with Gasteiger partial charge in [-0.1, -0.05) is 0 Å². The Hall–Kier alpha value is -1.84. The van der Waals surface area contributed by atoms with Crippen molar-refractivity contribution >= 4 is 0 Å². The van der Waals surface area contributed by atoms with Crippen molar-refractivity contribution in [1.29, 1.82) is 0 Å². The van der Waals surface area contributed by atoms with Crippen molar-refractivity contribution in [2.24, 2.45) is 5.92 Å². The number of nitrogens with zero attached hydrogens (tertiary/aromatic N) is 2. The van der Waals surface area contributed by atoms with Gasteiger partial charge in [0.1, 0.15) is 0 Å². The van der Waals surface area contributed by atoms with Gasteiger partial charge in [0.2, 0.25) is 5.88 Å². The Kier molecular flexibility index (Phi) is 2.55. The maximum atomic E-state index is 5.48. The molecule has 1 saturated carbocycles. The highest BCUT2D eigenvalue weighted by molar-refractivity contribution is 5.60. The minimum Gasteiger partial charge on any atom is -0.481 e. The van der Waals surface area contributed by atoms with E-state index in [0.717, 1.165) is 29.4 Å². The molecule has 0 aliphatic heterocycles. The van der Waals surface area contributed by atoms with Crippen LogP contribution in [-0.4, -0.2) is 17.1 Å². The predicted molar refractivity (Wildman–Crippen MR) is 62.7 cm³/mol. The summed E-state index contributed by atoms with van der Waals surface area (Å²) in [6, 6.07) is 3.79. The molecule has 3 rings (SSSR count). The predicted octanol–water partition coefficient (Wildman–Crippen LogP) is 2.70. The maximum absolute atomic E-state index is 5.48. The van der Waals surface area contributed by atoms with E-state index in [1.807, 2.05) is 12.1 Å². The summed E-state index contributed by atoms with van der Waals surface area (Å²) in [5, 5.41) is 0. The van der Waals surface area contributed by atoms with Crippen LogP contribution in [0.5, 0.6) is 5.88 Å². The van der Waals surface area contributed by atoms with Crippen molar-refractivity contribution in [2.45, 2.75) is 19.3 Å². The molecule has 0 spiro atoms. The van der Waals surface area contributed by atoms with Crippen LogP contribution in [0.15, 0.2) is 29.1 Å². The third kappa shape index (κ3) is 2.16. The van der Waals surface area contributed by atoms with Gasteiger partial charge < -0.3 is 9.15 Å². The number of pyridine rings is 1. The lowest BCUT2D eigenvalue weighted by Crippen LogP contribution is -1.92. The van der Waals surface area contributed by atoms with Gasteiger partial charge in [-0.2, -0.15) is 0 Å². The molecule has 0 aromatic carbocycles. The first kappa shape index (κ1) is 10.3. The second kappa shape index (κ2) is 4.20. The Morgan fingerprint density at radius 1 is 1.41 bits per heavy atom. The molecule has 1 aliphatic carbocycles. The first-order chi connectivity index (χ1) is 8.36. The first-order valence-electron chi connectivity index (χ1n) is 5.79. The minimum absolute atomic E-state index is 0.594. The van der Waals surface area contributed by atoms with Crippen LogP contribution in [0.25, 0.3) is 11.3 Å². The second-order valence-corrected chi connectivity index (χ2v) is 4.36. The fraction of sp³-hybridized carbons (Fsp3) is 0.385. The third-order valence-corrected chi connectivity index (χ3v) is 3.03. The second-order valence-electron chi connectivity index (χ2n) is 4.36. The number of hydrogen-bond acceptors (Lipinski definition) is 4. The minimum atomic E-state index is 0.594. The van der Waals surface area contributed by atoms with E-state index < -0.39 is 0 Å². The molecular formula is C13H14N2O2. The van der Waals surface area contributed by atoms with Gasteiger partial charge in [0.15, 0.2) is 12.2 Å². The lowest BCUT2D eigenvalue weighted by atomic mass is 10.1. The van der Waals surface area contributed by atoms with Crippen molar-refractivity contribution < 1.29 is 9.15 Å². The van der Waals surface area contributed by atoms with Crippen molar-refractivity contribution in [1.82, 2.24) is 9.97 Å². The summed E-state index contributed by atoms with van der Waals surface area (Å²) in [6.07, 6.45) is 6.87. The Balaban J connectivity index is 1.93. The average molecular weight is 230 g/mol. The molecule has 2 aromatic heterocycles. The quantitative estimate of drug-likeness (QED) is 0.810. The van der Waals surface area contributed by atoms with Crippen LogP contribution in [0.3, 0.4) is 0 Å². The van der Waals surface area contributed by atoms with Gasteiger partial charge >= 0.3 is 0 Å². The Labute approximate surface area is 99.7 Å². The van der Waals surface area contributed by atoms with Gasteiger partial charge in [-0.05, 0) is 31.2 Å². The summed E-state index contributed by atoms with van der Waals surface area (Å²) >= 11 is 0. The topological polar surface area (TPSA) is 48.2 Å². The zero-order chi connectivity index (χ0) is 11.7. The molecule has 0 bridgehead atoms. The van der Waals surface area contributed by atoms with E-state index in [0.29, 0.717) is 5.88 Å². The molecule has 88 valence electrons. The Bertz CT molecular complexity index is 518. The summed E-state index contributed by atoms with van der Waals surface area (Å²) in [7, 11) is 1.61. The summed E-state index contributed by atoms with van der Waals surface area (Å²) in [6.45, 7) is 0. The van der Waals surface area contributed by atoms with Crippen LogP contribution in [-0.2, 0) is 6.42 Å². The number of ether oxygens (including phenoxy) is 1. The molecular weight excluding hydrogens is 216 g/mol. The van der Waals surface area contributed by atoms with Gasteiger partial charge in [-0.3, -0.25) is 0 Å². The van der Waals surface area contributed by atoms with Crippen LogP contribution in [0.2, 0.25) is 0 Å². The summed E-state index contributed by atoms with van der Waals surface area (Å²) in [5.41, 5.74) is 2.02. The number of oxazole rings is 1. The van der Waals surface area contributed by atoms with E-state index >= 15 is 0 Å². The molecule has 0 saturated heterocycles. The summed E-state index contributed by atoms with van der Waals surface area (Å²) in [4.78, 5) is 8.39. The summed E-state index contributed by atoms with van der Waals surface area (Å²) in [5.74, 6) is 2.23. The molecule has 4 nitrogen and oxygen atoms in total. The highest BCUT2D eigenvalue weighted by Crippen LogP contribution is 2.35. The molecule has 0 amide bonds. The van der Waals surface area contributed by atoms with Crippen molar-refractivity contribution in [2.75, 3.05) is 7.11 Å². The zero-order valence-corrected chi connectivity index (χ0v) is 9.72. The largest absolute Gasteiger partial charge is 0.481 e. The van der Waals surface area contributed by atoms with Gasteiger partial charge in [0.05, 0.1) is 12.8 Å². The average Bonchev–Trinajstić information content (AvgIpc) is 3.06. The van der Waals surface area contributed by atoms with Gasteiger partial charge in [-0.25, -0.2) is 9.97 Å². The standard InChI is InChI=1S/C13H14N2O2/c1-16-12-7-10(4-5-14-12)13-11(15-8-17-13)6-9-2-3-9/h4-5,7-9H,2-3,6H2,1H3. The molecule has 17 heavy (non-hydrogen) atoms. The lowest BCUT2D eigenvalue weighted by molar-refractivity contribution is 0.398. The smallest absolute Gasteiger partial charge is 0.213 e. The van der Waals surface area contributed by atoms with E-state index in [9.17, 15) is 0 Å². The molecule has 2 heterocycles. The SMILES string of the molecule is COc1cc(-c2ocnc2CC2CC2)ccn1. The normalized spacial score (nSPS) is 14.9. The van der Waals surface area contributed by atoms with Crippen LogP contribution in [0.4, 0.5) is 0 Å². The molecule has 0 N–H and O–H groups in total. The molecule has 1 aliphatic rings. The van der Waals surface area contributed by atoms with E-state index in [4.69, 9.17) is 9.15 Å². The Morgan fingerprint density at radius 2 is 2.29 bits per heavy atom. The van der Waals surface area contributed by atoms with Crippen LogP contribution in [0.1, 0.15) is 18.5 Å². The molecule has 4 heteroatoms. The van der Waals surface area contributed by atoms with Crippen LogP contribution in [0, 0.1) is 5.92 Å². The highest BCUT2D eigenvalue weighted by Gasteiger charge is 2.25. The fourth-order valence-electron chi connectivity index (χ4n) is 1.91. The number of methoxy groups -OCH3 is 1. The van der Waals surface area contributed by atoms with Gasteiger partial charge in [0, 0.05) is 17.8 Å². The van der Waals surface area contributed by atoms with Crippen molar-refractivity contribution in [3.63, 3.8) is 0 Å². The first-order valence-corrected chi connectivity index (χ1v) is 5.79.